The molecule has 0 radical (unpaired) electrons. The monoisotopic (exact) mass is 232 g/mol. The Kier molecular flexibility index (Phi) is 3.72. The molecule has 1 unspecified atom stereocenters. The van der Waals surface area contributed by atoms with Gasteiger partial charge in [0.1, 0.15) is 0 Å². The van der Waals surface area contributed by atoms with Crippen LogP contribution in [-0.4, -0.2) is 0 Å². The summed E-state index contributed by atoms with van der Waals surface area (Å²) < 4.78 is 0. The van der Waals surface area contributed by atoms with Gasteiger partial charge in [-0.2, -0.15) is 11.3 Å². The minimum atomic E-state index is 0.202. The van der Waals surface area contributed by atoms with Crippen LogP contribution in [0.3, 0.4) is 0 Å². The van der Waals surface area contributed by atoms with Gasteiger partial charge >= 0.3 is 0 Å². The maximum atomic E-state index is 5.64. The lowest BCUT2D eigenvalue weighted by molar-refractivity contribution is 0.551. The molecule has 1 aromatic heterocycles. The number of hydrogen-bond acceptors (Lipinski definition) is 3. The molecule has 0 aliphatic carbocycles. The van der Waals surface area contributed by atoms with Crippen LogP contribution in [0.25, 0.3) is 0 Å². The van der Waals surface area contributed by atoms with Crippen molar-refractivity contribution in [2.75, 3.05) is 0 Å². The molecule has 0 saturated carbocycles. The summed E-state index contributed by atoms with van der Waals surface area (Å²) in [6.07, 6.45) is 0.926. The number of hydrogen-bond donors (Lipinski definition) is 2. The Balaban J connectivity index is 2.16. The first-order valence-electron chi connectivity index (χ1n) is 5.34. The summed E-state index contributed by atoms with van der Waals surface area (Å²) in [7, 11) is 0. The minimum Gasteiger partial charge on any atom is -0.271 e. The van der Waals surface area contributed by atoms with Crippen LogP contribution >= 0.6 is 11.3 Å². The van der Waals surface area contributed by atoms with Crippen LogP contribution < -0.4 is 11.3 Å². The molecule has 0 fully saturated rings. The second kappa shape index (κ2) is 5.25. The summed E-state index contributed by atoms with van der Waals surface area (Å²) in [5.74, 6) is 5.64. The SMILES string of the molecule is Cc1cscc1C(Cc1ccccc1)NN. The number of hydrazine groups is 1. The van der Waals surface area contributed by atoms with E-state index in [2.05, 4.69) is 47.4 Å². The minimum absolute atomic E-state index is 0.202. The molecule has 1 atom stereocenters. The van der Waals surface area contributed by atoms with Gasteiger partial charge in [-0.25, -0.2) is 0 Å². The van der Waals surface area contributed by atoms with E-state index in [9.17, 15) is 0 Å². The Morgan fingerprint density at radius 3 is 2.56 bits per heavy atom. The summed E-state index contributed by atoms with van der Waals surface area (Å²) >= 11 is 1.72. The summed E-state index contributed by atoms with van der Waals surface area (Å²) in [4.78, 5) is 0. The van der Waals surface area contributed by atoms with Crippen molar-refractivity contribution in [2.45, 2.75) is 19.4 Å². The Morgan fingerprint density at radius 2 is 2.00 bits per heavy atom. The third kappa shape index (κ3) is 2.50. The summed E-state index contributed by atoms with van der Waals surface area (Å²) in [6, 6.07) is 10.6. The summed E-state index contributed by atoms with van der Waals surface area (Å²) in [5.41, 5.74) is 6.81. The third-order valence-corrected chi connectivity index (χ3v) is 3.63. The molecule has 16 heavy (non-hydrogen) atoms. The predicted octanol–water partition coefficient (Wildman–Crippen LogP) is 2.80. The first kappa shape index (κ1) is 11.3. The average molecular weight is 232 g/mol. The standard InChI is InChI=1S/C13H16N2S/c1-10-8-16-9-12(10)13(15-14)7-11-5-3-2-4-6-11/h2-6,8-9,13,15H,7,14H2,1H3. The first-order valence-corrected chi connectivity index (χ1v) is 6.28. The van der Waals surface area contributed by atoms with Crippen molar-refractivity contribution in [3.8, 4) is 0 Å². The molecule has 3 heteroatoms. The van der Waals surface area contributed by atoms with Crippen LogP contribution in [-0.2, 0) is 6.42 Å². The van der Waals surface area contributed by atoms with E-state index in [1.165, 1.54) is 16.7 Å². The van der Waals surface area contributed by atoms with Crippen molar-refractivity contribution in [1.82, 2.24) is 5.43 Å². The second-order valence-electron chi connectivity index (χ2n) is 3.92. The van der Waals surface area contributed by atoms with Gasteiger partial charge in [0, 0.05) is 0 Å². The number of aryl methyl sites for hydroxylation is 1. The number of nitrogens with one attached hydrogen (secondary N) is 1. The van der Waals surface area contributed by atoms with Gasteiger partial charge in [0.25, 0.3) is 0 Å². The van der Waals surface area contributed by atoms with E-state index in [4.69, 9.17) is 5.84 Å². The molecule has 84 valence electrons. The molecule has 2 nitrogen and oxygen atoms in total. The van der Waals surface area contributed by atoms with E-state index in [-0.39, 0.29) is 6.04 Å². The van der Waals surface area contributed by atoms with Gasteiger partial charge in [0.05, 0.1) is 6.04 Å². The van der Waals surface area contributed by atoms with E-state index in [0.29, 0.717) is 0 Å². The maximum absolute atomic E-state index is 5.64. The van der Waals surface area contributed by atoms with E-state index in [1.54, 1.807) is 11.3 Å². The van der Waals surface area contributed by atoms with Gasteiger partial charge < -0.3 is 0 Å². The molecule has 2 rings (SSSR count). The predicted molar refractivity (Wildman–Crippen MR) is 69.3 cm³/mol. The van der Waals surface area contributed by atoms with Crippen LogP contribution in [0.2, 0.25) is 0 Å². The summed E-state index contributed by atoms with van der Waals surface area (Å²) in [5, 5.41) is 4.33. The van der Waals surface area contributed by atoms with E-state index >= 15 is 0 Å². The van der Waals surface area contributed by atoms with Crippen molar-refractivity contribution in [1.29, 1.82) is 0 Å². The van der Waals surface area contributed by atoms with Crippen molar-refractivity contribution >= 4 is 11.3 Å². The van der Waals surface area contributed by atoms with Crippen molar-refractivity contribution < 1.29 is 0 Å². The lowest BCUT2D eigenvalue weighted by Gasteiger charge is -2.16. The van der Waals surface area contributed by atoms with E-state index in [1.807, 2.05) is 6.07 Å². The highest BCUT2D eigenvalue weighted by Gasteiger charge is 2.13. The smallest absolute Gasteiger partial charge is 0.0511 e. The fourth-order valence-corrected chi connectivity index (χ4v) is 2.74. The Morgan fingerprint density at radius 1 is 1.25 bits per heavy atom. The van der Waals surface area contributed by atoms with Crippen molar-refractivity contribution in [2.24, 2.45) is 5.84 Å². The molecule has 0 bridgehead atoms. The molecule has 0 aliphatic heterocycles. The zero-order valence-corrected chi connectivity index (χ0v) is 10.1. The molecule has 1 heterocycles. The number of benzene rings is 1. The molecular formula is C13H16N2S. The third-order valence-electron chi connectivity index (χ3n) is 2.75. The van der Waals surface area contributed by atoms with Crippen LogP contribution in [0.1, 0.15) is 22.7 Å². The van der Waals surface area contributed by atoms with Crippen LogP contribution in [0.15, 0.2) is 41.1 Å². The maximum Gasteiger partial charge on any atom is 0.0511 e. The van der Waals surface area contributed by atoms with E-state index in [0.717, 1.165) is 6.42 Å². The van der Waals surface area contributed by atoms with Gasteiger partial charge in [-0.3, -0.25) is 11.3 Å². The van der Waals surface area contributed by atoms with Gasteiger partial charge in [0.2, 0.25) is 0 Å². The molecule has 3 N–H and O–H groups in total. The second-order valence-corrected chi connectivity index (χ2v) is 4.66. The zero-order valence-electron chi connectivity index (χ0n) is 9.31. The van der Waals surface area contributed by atoms with Crippen molar-refractivity contribution in [3.05, 3.63) is 57.8 Å². The van der Waals surface area contributed by atoms with Gasteiger partial charge in [-0.05, 0) is 40.8 Å². The highest BCUT2D eigenvalue weighted by atomic mass is 32.1. The fourth-order valence-electron chi connectivity index (χ4n) is 1.84. The highest BCUT2D eigenvalue weighted by molar-refractivity contribution is 7.08. The highest BCUT2D eigenvalue weighted by Crippen LogP contribution is 2.24. The van der Waals surface area contributed by atoms with Gasteiger partial charge in [-0.1, -0.05) is 30.3 Å². The van der Waals surface area contributed by atoms with Crippen LogP contribution in [0.4, 0.5) is 0 Å². The molecular weight excluding hydrogens is 216 g/mol. The molecule has 2 aromatic rings. The largest absolute Gasteiger partial charge is 0.271 e. The Labute approximate surface area is 100 Å². The van der Waals surface area contributed by atoms with Gasteiger partial charge in [0.15, 0.2) is 0 Å². The Hall–Kier alpha value is -1.16. The lowest BCUT2D eigenvalue weighted by Crippen LogP contribution is -2.29. The van der Waals surface area contributed by atoms with Crippen molar-refractivity contribution in [3.63, 3.8) is 0 Å². The van der Waals surface area contributed by atoms with Gasteiger partial charge in [-0.15, -0.1) is 0 Å². The molecule has 0 saturated heterocycles. The molecule has 0 amide bonds. The quantitative estimate of drug-likeness (QED) is 0.628. The molecule has 0 aliphatic rings. The number of rotatable bonds is 4. The lowest BCUT2D eigenvalue weighted by atomic mass is 9.99. The first-order chi connectivity index (χ1) is 7.81. The summed E-state index contributed by atoms with van der Waals surface area (Å²) in [6.45, 7) is 2.13. The number of thiophene rings is 1. The van der Waals surface area contributed by atoms with Crippen LogP contribution in [0.5, 0.6) is 0 Å². The topological polar surface area (TPSA) is 38.0 Å². The Bertz CT molecular complexity index is 436. The van der Waals surface area contributed by atoms with E-state index < -0.39 is 0 Å². The average Bonchev–Trinajstić information content (AvgIpc) is 2.74. The number of nitrogens with two attached hydrogens (primary N) is 1. The van der Waals surface area contributed by atoms with Crippen LogP contribution in [0, 0.1) is 6.92 Å². The fraction of sp³-hybridized carbons (Fsp3) is 0.231. The molecule has 0 spiro atoms. The zero-order chi connectivity index (χ0) is 11.4. The molecule has 1 aromatic carbocycles. The normalized spacial score (nSPS) is 12.6.